The van der Waals surface area contributed by atoms with Crippen LogP contribution in [0.1, 0.15) is 24.9 Å². The van der Waals surface area contributed by atoms with Gasteiger partial charge in [0.15, 0.2) is 0 Å². The first kappa shape index (κ1) is 11.8. The average Bonchev–Trinajstić information content (AvgIpc) is 2.91. The van der Waals surface area contributed by atoms with Crippen molar-refractivity contribution in [3.63, 3.8) is 0 Å². The number of nitrogens with zero attached hydrogens (tertiary/aromatic N) is 5. The normalized spacial score (nSPS) is 10.9. The molecule has 0 aromatic carbocycles. The lowest BCUT2D eigenvalue weighted by molar-refractivity contribution is 0.649. The van der Waals surface area contributed by atoms with Gasteiger partial charge in [0.25, 0.3) is 0 Å². The molecule has 0 fully saturated rings. The lowest BCUT2D eigenvalue weighted by Crippen LogP contribution is -2.14. The number of aryl methyl sites for hydroxylation is 1. The molecule has 92 valence electrons. The van der Waals surface area contributed by atoms with E-state index in [1.807, 2.05) is 24.1 Å². The van der Waals surface area contributed by atoms with Gasteiger partial charge in [-0.3, -0.25) is 4.68 Å². The van der Waals surface area contributed by atoms with Gasteiger partial charge in [-0.15, -0.1) is 0 Å². The predicted octanol–water partition coefficient (Wildman–Crippen LogP) is 0.559. The van der Waals surface area contributed by atoms with Crippen molar-refractivity contribution in [2.24, 2.45) is 7.05 Å². The maximum absolute atomic E-state index is 4.34. The van der Waals surface area contributed by atoms with Crippen LogP contribution in [0.4, 0.5) is 0 Å². The fourth-order valence-corrected chi connectivity index (χ4v) is 1.60. The Hall–Kier alpha value is -1.69. The summed E-state index contributed by atoms with van der Waals surface area (Å²) in [7, 11) is 1.89. The highest BCUT2D eigenvalue weighted by Crippen LogP contribution is 2.00. The monoisotopic (exact) mass is 234 g/mol. The summed E-state index contributed by atoms with van der Waals surface area (Å²) in [5.41, 5.74) is 1.06. The molecule has 0 amide bonds. The minimum atomic E-state index is 0.706. The Morgan fingerprint density at radius 2 is 2.24 bits per heavy atom. The zero-order valence-electron chi connectivity index (χ0n) is 10.3. The van der Waals surface area contributed by atoms with Crippen molar-refractivity contribution in [3.05, 3.63) is 30.4 Å². The molecule has 0 saturated heterocycles. The molecule has 0 spiro atoms. The van der Waals surface area contributed by atoms with Crippen molar-refractivity contribution in [1.82, 2.24) is 29.6 Å². The molecule has 0 atom stereocenters. The number of hydrogen-bond donors (Lipinski definition) is 1. The Bertz CT molecular complexity index is 458. The molecule has 0 radical (unpaired) electrons. The van der Waals surface area contributed by atoms with Crippen LogP contribution in [0.25, 0.3) is 0 Å². The molecule has 2 aromatic rings. The highest BCUT2D eigenvalue weighted by atomic mass is 15.3. The van der Waals surface area contributed by atoms with Crippen LogP contribution in [0.2, 0.25) is 0 Å². The first-order valence-electron chi connectivity index (χ1n) is 5.84. The van der Waals surface area contributed by atoms with Gasteiger partial charge in [-0.2, -0.15) is 5.10 Å². The van der Waals surface area contributed by atoms with E-state index in [-0.39, 0.29) is 0 Å². The first-order valence-corrected chi connectivity index (χ1v) is 5.84. The predicted molar refractivity (Wildman–Crippen MR) is 64.3 cm³/mol. The summed E-state index contributed by atoms with van der Waals surface area (Å²) >= 11 is 0. The molecule has 0 bridgehead atoms. The largest absolute Gasteiger partial charge is 0.330 e. The van der Waals surface area contributed by atoms with Crippen molar-refractivity contribution >= 4 is 0 Å². The van der Waals surface area contributed by atoms with Gasteiger partial charge in [-0.1, -0.05) is 6.92 Å². The smallest absolute Gasteiger partial charge is 0.146 e. The Morgan fingerprint density at radius 3 is 2.94 bits per heavy atom. The topological polar surface area (TPSA) is 60.6 Å². The summed E-state index contributed by atoms with van der Waals surface area (Å²) in [6, 6.07) is 0. The quantitative estimate of drug-likeness (QED) is 0.742. The molecule has 0 aliphatic heterocycles. The standard InChI is InChI=1S/C11H18N6/c1-3-4-12-5-10-6-17(9-14-10)7-11-13-8-15-16(11)2/h6,8-9,12H,3-5,7H2,1-2H3. The molecule has 6 heteroatoms. The molecule has 0 aliphatic rings. The molecule has 2 heterocycles. The molecule has 0 saturated carbocycles. The van der Waals surface area contributed by atoms with Gasteiger partial charge in [0.2, 0.25) is 0 Å². The van der Waals surface area contributed by atoms with E-state index >= 15 is 0 Å². The van der Waals surface area contributed by atoms with E-state index in [0.29, 0.717) is 6.54 Å². The summed E-state index contributed by atoms with van der Waals surface area (Å²) in [6.07, 6.45) is 6.57. The van der Waals surface area contributed by atoms with Gasteiger partial charge in [0.1, 0.15) is 12.2 Å². The molecular weight excluding hydrogens is 216 g/mol. The Kier molecular flexibility index (Phi) is 3.87. The lowest BCUT2D eigenvalue weighted by atomic mass is 10.4. The Morgan fingerprint density at radius 1 is 1.35 bits per heavy atom. The van der Waals surface area contributed by atoms with Crippen LogP contribution in [-0.2, 0) is 20.1 Å². The minimum Gasteiger partial charge on any atom is -0.330 e. The van der Waals surface area contributed by atoms with E-state index < -0.39 is 0 Å². The van der Waals surface area contributed by atoms with Crippen LogP contribution >= 0.6 is 0 Å². The van der Waals surface area contributed by atoms with Gasteiger partial charge >= 0.3 is 0 Å². The van der Waals surface area contributed by atoms with Gasteiger partial charge < -0.3 is 9.88 Å². The maximum atomic E-state index is 4.34. The molecule has 2 aromatic heterocycles. The summed E-state index contributed by atoms with van der Waals surface area (Å²) < 4.78 is 3.79. The van der Waals surface area contributed by atoms with Crippen molar-refractivity contribution < 1.29 is 0 Å². The third-order valence-corrected chi connectivity index (χ3v) is 2.55. The molecule has 0 aliphatic carbocycles. The van der Waals surface area contributed by atoms with Crippen molar-refractivity contribution in [1.29, 1.82) is 0 Å². The molecule has 2 rings (SSSR count). The third-order valence-electron chi connectivity index (χ3n) is 2.55. The van der Waals surface area contributed by atoms with Crippen LogP contribution in [-0.4, -0.2) is 30.9 Å². The summed E-state index contributed by atoms with van der Waals surface area (Å²) in [4.78, 5) is 8.52. The molecule has 1 N–H and O–H groups in total. The van der Waals surface area contributed by atoms with Crippen molar-refractivity contribution in [2.45, 2.75) is 26.4 Å². The number of aromatic nitrogens is 5. The van der Waals surface area contributed by atoms with Crippen LogP contribution in [0.15, 0.2) is 18.9 Å². The van der Waals surface area contributed by atoms with E-state index in [2.05, 4.69) is 27.3 Å². The van der Waals surface area contributed by atoms with Crippen LogP contribution in [0, 0.1) is 0 Å². The molecule has 6 nitrogen and oxygen atoms in total. The Labute approximate surface area is 101 Å². The van der Waals surface area contributed by atoms with E-state index in [1.165, 1.54) is 0 Å². The SMILES string of the molecule is CCCNCc1cn(Cc2ncnn2C)cn1. The van der Waals surface area contributed by atoms with Gasteiger partial charge in [0.05, 0.1) is 18.6 Å². The van der Waals surface area contributed by atoms with Gasteiger partial charge in [-0.05, 0) is 13.0 Å². The number of rotatable bonds is 6. The number of imidazole rings is 1. The highest BCUT2D eigenvalue weighted by Gasteiger charge is 2.03. The van der Waals surface area contributed by atoms with E-state index in [4.69, 9.17) is 0 Å². The average molecular weight is 234 g/mol. The van der Waals surface area contributed by atoms with Crippen LogP contribution in [0.3, 0.4) is 0 Å². The first-order chi connectivity index (χ1) is 8.29. The van der Waals surface area contributed by atoms with E-state index in [0.717, 1.165) is 31.0 Å². The fourth-order valence-electron chi connectivity index (χ4n) is 1.60. The second-order valence-electron chi connectivity index (χ2n) is 4.01. The zero-order chi connectivity index (χ0) is 12.1. The minimum absolute atomic E-state index is 0.706. The lowest BCUT2D eigenvalue weighted by Gasteiger charge is -2.01. The summed E-state index contributed by atoms with van der Waals surface area (Å²) in [6.45, 7) is 4.70. The Balaban J connectivity index is 1.92. The third kappa shape index (κ3) is 3.13. The van der Waals surface area contributed by atoms with Gasteiger partial charge in [-0.25, -0.2) is 9.97 Å². The van der Waals surface area contributed by atoms with Crippen molar-refractivity contribution in [2.75, 3.05) is 6.54 Å². The fraction of sp³-hybridized carbons (Fsp3) is 0.545. The van der Waals surface area contributed by atoms with E-state index in [9.17, 15) is 0 Å². The van der Waals surface area contributed by atoms with Crippen LogP contribution < -0.4 is 5.32 Å². The van der Waals surface area contributed by atoms with Crippen LogP contribution in [0.5, 0.6) is 0 Å². The second-order valence-corrected chi connectivity index (χ2v) is 4.01. The van der Waals surface area contributed by atoms with Gasteiger partial charge in [0, 0.05) is 19.8 Å². The van der Waals surface area contributed by atoms with E-state index in [1.54, 1.807) is 11.0 Å². The number of nitrogens with one attached hydrogen (secondary N) is 1. The van der Waals surface area contributed by atoms with Crippen molar-refractivity contribution in [3.8, 4) is 0 Å². The summed E-state index contributed by atoms with van der Waals surface area (Å²) in [5.74, 6) is 0.926. The number of hydrogen-bond acceptors (Lipinski definition) is 4. The summed E-state index contributed by atoms with van der Waals surface area (Å²) in [5, 5.41) is 7.37. The molecule has 17 heavy (non-hydrogen) atoms. The highest BCUT2D eigenvalue weighted by molar-refractivity contribution is 4.98. The zero-order valence-corrected chi connectivity index (χ0v) is 10.3. The maximum Gasteiger partial charge on any atom is 0.146 e. The second kappa shape index (κ2) is 5.58. The molecular formula is C11H18N6. The molecule has 0 unspecified atom stereocenters.